The molecular formula is C12H18FNO2S2. The second-order valence-corrected chi connectivity index (χ2v) is 7.65. The lowest BCUT2D eigenvalue weighted by atomic mass is 10.2. The number of rotatable bonds is 7. The Morgan fingerprint density at radius 1 is 1.33 bits per heavy atom. The first kappa shape index (κ1) is 15.5. The van der Waals surface area contributed by atoms with Crippen LogP contribution in [0.5, 0.6) is 0 Å². The topological polar surface area (TPSA) is 60.2 Å². The Labute approximate surface area is 112 Å². The summed E-state index contributed by atoms with van der Waals surface area (Å²) in [5, 5.41) is 0. The molecule has 102 valence electrons. The molecule has 1 rings (SSSR count). The van der Waals surface area contributed by atoms with Crippen molar-refractivity contribution in [3.8, 4) is 0 Å². The second kappa shape index (κ2) is 7.11. The first-order valence-corrected chi connectivity index (χ1v) is 8.73. The lowest BCUT2D eigenvalue weighted by Crippen LogP contribution is -2.23. The molecule has 0 saturated carbocycles. The van der Waals surface area contributed by atoms with E-state index in [0.717, 1.165) is 4.90 Å². The highest BCUT2D eigenvalue weighted by atomic mass is 32.2. The lowest BCUT2D eigenvalue weighted by Gasteiger charge is -2.10. The SMILES string of the molecule is CS(=O)(=O)CCCC(N)CSc1ccc(F)cc1. The van der Waals surface area contributed by atoms with Crippen LogP contribution in [0.2, 0.25) is 0 Å². The molecule has 1 aromatic carbocycles. The van der Waals surface area contributed by atoms with Gasteiger partial charge in [-0.3, -0.25) is 0 Å². The van der Waals surface area contributed by atoms with Gasteiger partial charge >= 0.3 is 0 Å². The maximum Gasteiger partial charge on any atom is 0.147 e. The standard InChI is InChI=1S/C12H18FNO2S2/c1-18(15,16)8-2-3-11(14)9-17-12-6-4-10(13)5-7-12/h4-7,11H,2-3,8-9,14H2,1H3. The van der Waals surface area contributed by atoms with Crippen LogP contribution < -0.4 is 5.73 Å². The average molecular weight is 291 g/mol. The largest absolute Gasteiger partial charge is 0.327 e. The van der Waals surface area contributed by atoms with Crippen molar-refractivity contribution < 1.29 is 12.8 Å². The van der Waals surface area contributed by atoms with Gasteiger partial charge in [-0.25, -0.2) is 12.8 Å². The predicted octanol–water partition coefficient (Wildman–Crippen LogP) is 2.07. The molecule has 0 fully saturated rings. The molecule has 0 radical (unpaired) electrons. The van der Waals surface area contributed by atoms with Crippen molar-refractivity contribution >= 4 is 21.6 Å². The Balaban J connectivity index is 2.24. The summed E-state index contributed by atoms with van der Waals surface area (Å²) in [6.07, 6.45) is 2.50. The molecule has 0 bridgehead atoms. The third-order valence-electron chi connectivity index (χ3n) is 2.37. The van der Waals surface area contributed by atoms with Gasteiger partial charge in [-0.15, -0.1) is 11.8 Å². The summed E-state index contributed by atoms with van der Waals surface area (Å²) in [7, 11) is -2.90. The van der Waals surface area contributed by atoms with Gasteiger partial charge in [0.05, 0.1) is 0 Å². The minimum Gasteiger partial charge on any atom is -0.327 e. The fourth-order valence-corrected chi connectivity index (χ4v) is 3.02. The van der Waals surface area contributed by atoms with Crippen molar-refractivity contribution in [3.05, 3.63) is 30.1 Å². The number of benzene rings is 1. The van der Waals surface area contributed by atoms with E-state index in [2.05, 4.69) is 0 Å². The number of halogens is 1. The predicted molar refractivity (Wildman–Crippen MR) is 74.0 cm³/mol. The first-order valence-electron chi connectivity index (χ1n) is 5.68. The van der Waals surface area contributed by atoms with E-state index >= 15 is 0 Å². The van der Waals surface area contributed by atoms with E-state index in [9.17, 15) is 12.8 Å². The van der Waals surface area contributed by atoms with Crippen molar-refractivity contribution in [2.45, 2.75) is 23.8 Å². The van der Waals surface area contributed by atoms with Crippen LogP contribution in [-0.2, 0) is 9.84 Å². The summed E-state index contributed by atoms with van der Waals surface area (Å²) in [6, 6.07) is 6.21. The maximum atomic E-state index is 12.7. The van der Waals surface area contributed by atoms with E-state index in [1.807, 2.05) is 0 Å². The average Bonchev–Trinajstić information content (AvgIpc) is 2.26. The van der Waals surface area contributed by atoms with Gasteiger partial charge < -0.3 is 5.73 Å². The van der Waals surface area contributed by atoms with Crippen molar-refractivity contribution in [1.82, 2.24) is 0 Å². The summed E-state index contributed by atoms with van der Waals surface area (Å²) < 4.78 is 34.6. The van der Waals surface area contributed by atoms with Gasteiger partial charge in [0.25, 0.3) is 0 Å². The first-order chi connectivity index (χ1) is 8.37. The zero-order chi connectivity index (χ0) is 13.6. The van der Waals surface area contributed by atoms with Crippen LogP contribution >= 0.6 is 11.8 Å². The minimum atomic E-state index is -2.90. The third-order valence-corrected chi connectivity index (χ3v) is 4.60. The molecule has 0 aromatic heterocycles. The smallest absolute Gasteiger partial charge is 0.147 e. The van der Waals surface area contributed by atoms with Gasteiger partial charge in [0.1, 0.15) is 15.7 Å². The van der Waals surface area contributed by atoms with E-state index in [-0.39, 0.29) is 17.6 Å². The molecule has 0 aliphatic carbocycles. The van der Waals surface area contributed by atoms with E-state index in [1.54, 1.807) is 23.9 Å². The van der Waals surface area contributed by atoms with Gasteiger partial charge in [-0.05, 0) is 37.1 Å². The van der Waals surface area contributed by atoms with E-state index in [0.29, 0.717) is 18.6 Å². The summed E-state index contributed by atoms with van der Waals surface area (Å²) in [4.78, 5) is 0.968. The number of sulfone groups is 1. The molecule has 0 aliphatic rings. The molecule has 2 N–H and O–H groups in total. The molecule has 3 nitrogen and oxygen atoms in total. The van der Waals surface area contributed by atoms with Crippen molar-refractivity contribution in [2.75, 3.05) is 17.8 Å². The summed E-state index contributed by atoms with van der Waals surface area (Å²) in [5.74, 6) is 0.633. The number of hydrogen-bond donors (Lipinski definition) is 1. The highest BCUT2D eigenvalue weighted by Crippen LogP contribution is 2.19. The Kier molecular flexibility index (Phi) is 6.11. The fourth-order valence-electron chi connectivity index (χ4n) is 1.43. The quantitative estimate of drug-likeness (QED) is 0.781. The highest BCUT2D eigenvalue weighted by Gasteiger charge is 2.07. The lowest BCUT2D eigenvalue weighted by molar-refractivity contribution is 0.591. The zero-order valence-corrected chi connectivity index (χ0v) is 11.9. The minimum absolute atomic E-state index is 0.0400. The van der Waals surface area contributed by atoms with Crippen LogP contribution in [0.4, 0.5) is 4.39 Å². The van der Waals surface area contributed by atoms with Crippen LogP contribution in [0.3, 0.4) is 0 Å². The summed E-state index contributed by atoms with van der Waals surface area (Å²) >= 11 is 1.55. The molecule has 1 aromatic rings. The van der Waals surface area contributed by atoms with Crippen molar-refractivity contribution in [1.29, 1.82) is 0 Å². The van der Waals surface area contributed by atoms with E-state index in [4.69, 9.17) is 5.73 Å². The van der Waals surface area contributed by atoms with Gasteiger partial charge in [0.2, 0.25) is 0 Å². The van der Waals surface area contributed by atoms with Crippen LogP contribution in [0.25, 0.3) is 0 Å². The molecule has 0 saturated heterocycles. The fraction of sp³-hybridized carbons (Fsp3) is 0.500. The Morgan fingerprint density at radius 3 is 2.50 bits per heavy atom. The molecular weight excluding hydrogens is 273 g/mol. The summed E-state index contributed by atoms with van der Waals surface area (Å²) in [5.41, 5.74) is 5.89. The molecule has 1 atom stereocenters. The van der Waals surface area contributed by atoms with E-state index in [1.165, 1.54) is 18.4 Å². The Bertz CT molecular complexity index is 459. The Hall–Kier alpha value is -0.590. The van der Waals surface area contributed by atoms with Crippen molar-refractivity contribution in [3.63, 3.8) is 0 Å². The van der Waals surface area contributed by atoms with E-state index < -0.39 is 9.84 Å². The molecule has 0 aliphatic heterocycles. The third kappa shape index (κ3) is 6.98. The molecule has 0 amide bonds. The van der Waals surface area contributed by atoms with Gasteiger partial charge in [0.15, 0.2) is 0 Å². The monoisotopic (exact) mass is 291 g/mol. The van der Waals surface area contributed by atoms with Crippen LogP contribution in [0.1, 0.15) is 12.8 Å². The normalized spacial score (nSPS) is 13.5. The van der Waals surface area contributed by atoms with Gasteiger partial charge in [-0.2, -0.15) is 0 Å². The second-order valence-electron chi connectivity index (χ2n) is 4.30. The highest BCUT2D eigenvalue weighted by molar-refractivity contribution is 7.99. The van der Waals surface area contributed by atoms with Gasteiger partial charge in [0, 0.05) is 28.7 Å². The molecule has 0 spiro atoms. The molecule has 0 heterocycles. The van der Waals surface area contributed by atoms with Crippen LogP contribution in [0, 0.1) is 5.82 Å². The Morgan fingerprint density at radius 2 is 1.94 bits per heavy atom. The van der Waals surface area contributed by atoms with Gasteiger partial charge in [-0.1, -0.05) is 0 Å². The summed E-state index contributed by atoms with van der Waals surface area (Å²) in [6.45, 7) is 0. The zero-order valence-electron chi connectivity index (χ0n) is 10.3. The number of thioether (sulfide) groups is 1. The molecule has 1 unspecified atom stereocenters. The van der Waals surface area contributed by atoms with Crippen LogP contribution in [-0.4, -0.2) is 32.2 Å². The molecule has 18 heavy (non-hydrogen) atoms. The maximum absolute atomic E-state index is 12.7. The number of hydrogen-bond acceptors (Lipinski definition) is 4. The molecule has 6 heteroatoms. The van der Waals surface area contributed by atoms with Crippen LogP contribution in [0.15, 0.2) is 29.2 Å². The van der Waals surface area contributed by atoms with Crippen molar-refractivity contribution in [2.24, 2.45) is 5.73 Å². The number of nitrogens with two attached hydrogens (primary N) is 1.